The predicted octanol–water partition coefficient (Wildman–Crippen LogP) is 3.06. The maximum atomic E-state index is 12.1. The third-order valence-corrected chi connectivity index (χ3v) is 3.93. The van der Waals surface area contributed by atoms with Crippen LogP contribution in [0, 0.1) is 5.92 Å². The van der Waals surface area contributed by atoms with E-state index in [2.05, 4.69) is 0 Å². The Morgan fingerprint density at radius 2 is 2.00 bits per heavy atom. The number of nitrogens with zero attached hydrogens (tertiary/aromatic N) is 1. The first kappa shape index (κ1) is 15.8. The van der Waals surface area contributed by atoms with E-state index in [0.29, 0.717) is 32.0 Å². The number of alkyl halides is 1. The fourth-order valence-corrected chi connectivity index (χ4v) is 2.83. The van der Waals surface area contributed by atoms with Crippen LogP contribution in [0.25, 0.3) is 0 Å². The van der Waals surface area contributed by atoms with E-state index in [1.807, 2.05) is 4.90 Å². The van der Waals surface area contributed by atoms with E-state index in [1.165, 1.54) is 32.1 Å². The van der Waals surface area contributed by atoms with Crippen molar-refractivity contribution in [2.45, 2.75) is 44.9 Å². The first-order valence-corrected chi connectivity index (χ1v) is 7.64. The molecule has 0 aromatic heterocycles. The third kappa shape index (κ3) is 6.05. The van der Waals surface area contributed by atoms with E-state index in [4.69, 9.17) is 16.3 Å². The van der Waals surface area contributed by atoms with Gasteiger partial charge in [-0.1, -0.05) is 32.1 Å². The molecule has 1 aliphatic carbocycles. The van der Waals surface area contributed by atoms with Gasteiger partial charge in [-0.25, -0.2) is 0 Å². The van der Waals surface area contributed by atoms with Gasteiger partial charge < -0.3 is 9.64 Å². The van der Waals surface area contributed by atoms with Gasteiger partial charge in [0.25, 0.3) is 0 Å². The van der Waals surface area contributed by atoms with Crippen molar-refractivity contribution in [2.24, 2.45) is 5.92 Å². The highest BCUT2D eigenvalue weighted by molar-refractivity contribution is 6.18. The molecule has 1 saturated carbocycles. The van der Waals surface area contributed by atoms with Crippen molar-refractivity contribution in [1.29, 1.82) is 0 Å². The van der Waals surface area contributed by atoms with Crippen molar-refractivity contribution in [1.82, 2.24) is 4.90 Å². The van der Waals surface area contributed by atoms with Gasteiger partial charge in [0.2, 0.25) is 5.91 Å². The zero-order valence-corrected chi connectivity index (χ0v) is 12.3. The minimum atomic E-state index is 0.235. The lowest BCUT2D eigenvalue weighted by Gasteiger charge is -2.24. The summed E-state index contributed by atoms with van der Waals surface area (Å²) in [4.78, 5) is 13.9. The minimum Gasteiger partial charge on any atom is -0.383 e. The summed E-state index contributed by atoms with van der Waals surface area (Å²) in [5, 5.41) is 0. The molecule has 0 unspecified atom stereocenters. The van der Waals surface area contributed by atoms with Crippen LogP contribution in [0.15, 0.2) is 0 Å². The lowest BCUT2D eigenvalue weighted by molar-refractivity contribution is -0.132. The average molecular weight is 276 g/mol. The van der Waals surface area contributed by atoms with E-state index in [0.717, 1.165) is 12.3 Å². The highest BCUT2D eigenvalue weighted by atomic mass is 35.5. The quantitative estimate of drug-likeness (QED) is 0.637. The number of hydrogen-bond donors (Lipinski definition) is 0. The monoisotopic (exact) mass is 275 g/mol. The summed E-state index contributed by atoms with van der Waals surface area (Å²) >= 11 is 5.73. The normalized spacial score (nSPS) is 16.8. The third-order valence-electron chi connectivity index (χ3n) is 3.76. The Bertz CT molecular complexity index is 230. The van der Waals surface area contributed by atoms with Gasteiger partial charge in [-0.15, -0.1) is 11.6 Å². The van der Waals surface area contributed by atoms with Gasteiger partial charge in [0, 0.05) is 32.5 Å². The zero-order valence-electron chi connectivity index (χ0n) is 11.5. The Morgan fingerprint density at radius 1 is 1.28 bits per heavy atom. The Labute approximate surface area is 116 Å². The molecule has 106 valence electrons. The van der Waals surface area contributed by atoms with Gasteiger partial charge in [-0.05, 0) is 12.3 Å². The lowest BCUT2D eigenvalue weighted by atomic mass is 9.86. The number of methoxy groups -OCH3 is 1. The second-order valence-electron chi connectivity index (χ2n) is 5.11. The summed E-state index contributed by atoms with van der Waals surface area (Å²) in [6, 6.07) is 0. The summed E-state index contributed by atoms with van der Waals surface area (Å²) in [5.41, 5.74) is 0. The molecule has 0 aliphatic heterocycles. The molecule has 1 aliphatic rings. The molecular weight excluding hydrogens is 250 g/mol. The van der Waals surface area contributed by atoms with Crippen LogP contribution in [-0.2, 0) is 9.53 Å². The number of ether oxygens (including phenoxy) is 1. The predicted molar refractivity (Wildman–Crippen MR) is 75.0 cm³/mol. The lowest BCUT2D eigenvalue weighted by Crippen LogP contribution is -2.35. The summed E-state index contributed by atoms with van der Waals surface area (Å²) in [5.74, 6) is 1.50. The second kappa shape index (κ2) is 9.62. The molecule has 3 nitrogen and oxygen atoms in total. The molecule has 0 atom stereocenters. The van der Waals surface area contributed by atoms with Crippen molar-refractivity contribution in [3.05, 3.63) is 0 Å². The highest BCUT2D eigenvalue weighted by Crippen LogP contribution is 2.27. The molecule has 18 heavy (non-hydrogen) atoms. The van der Waals surface area contributed by atoms with Crippen LogP contribution >= 0.6 is 11.6 Å². The number of carbonyl (C=O) groups excluding carboxylic acids is 1. The van der Waals surface area contributed by atoms with Gasteiger partial charge in [0.1, 0.15) is 0 Å². The van der Waals surface area contributed by atoms with Crippen LogP contribution < -0.4 is 0 Å². The molecule has 0 spiro atoms. The molecule has 4 heteroatoms. The van der Waals surface area contributed by atoms with Gasteiger partial charge in [-0.2, -0.15) is 0 Å². The smallest absolute Gasteiger partial charge is 0.222 e. The number of amides is 1. The fraction of sp³-hybridized carbons (Fsp3) is 0.929. The maximum Gasteiger partial charge on any atom is 0.222 e. The Hall–Kier alpha value is -0.280. The molecule has 1 rings (SSSR count). The first-order chi connectivity index (χ1) is 8.77. The van der Waals surface area contributed by atoms with Crippen LogP contribution in [0.1, 0.15) is 44.9 Å². The van der Waals surface area contributed by atoms with Gasteiger partial charge >= 0.3 is 0 Å². The van der Waals surface area contributed by atoms with Gasteiger partial charge in [0.05, 0.1) is 6.61 Å². The number of carbonyl (C=O) groups is 1. The van der Waals surface area contributed by atoms with Crippen molar-refractivity contribution < 1.29 is 9.53 Å². The van der Waals surface area contributed by atoms with E-state index >= 15 is 0 Å². The van der Waals surface area contributed by atoms with Gasteiger partial charge in [-0.3, -0.25) is 4.79 Å². The molecular formula is C14H26ClNO2. The summed E-state index contributed by atoms with van der Waals surface area (Å²) in [6.07, 6.45) is 8.39. The van der Waals surface area contributed by atoms with E-state index < -0.39 is 0 Å². The Kier molecular flexibility index (Phi) is 8.44. The van der Waals surface area contributed by atoms with Crippen molar-refractivity contribution >= 4 is 17.5 Å². The summed E-state index contributed by atoms with van der Waals surface area (Å²) in [7, 11) is 1.66. The molecule has 1 fully saturated rings. The number of halogens is 1. The van der Waals surface area contributed by atoms with E-state index in [-0.39, 0.29) is 5.91 Å². The van der Waals surface area contributed by atoms with Crippen molar-refractivity contribution in [3.8, 4) is 0 Å². The molecule has 0 aromatic rings. The van der Waals surface area contributed by atoms with Crippen LogP contribution in [0.5, 0.6) is 0 Å². The standard InChI is InChI=1S/C14H26ClNO2/c1-18-12-11-16(10-9-15)14(17)8-7-13-5-3-2-4-6-13/h13H,2-12H2,1H3. The van der Waals surface area contributed by atoms with Crippen molar-refractivity contribution in [3.63, 3.8) is 0 Å². The summed E-state index contributed by atoms with van der Waals surface area (Å²) in [6.45, 7) is 1.88. The fourth-order valence-electron chi connectivity index (χ4n) is 2.63. The van der Waals surface area contributed by atoms with Crippen LogP contribution in [0.3, 0.4) is 0 Å². The number of hydrogen-bond acceptors (Lipinski definition) is 2. The number of rotatable bonds is 8. The van der Waals surface area contributed by atoms with E-state index in [9.17, 15) is 4.79 Å². The molecule has 0 N–H and O–H groups in total. The SMILES string of the molecule is COCCN(CCCl)C(=O)CCC1CCCCC1. The largest absolute Gasteiger partial charge is 0.383 e. The zero-order chi connectivity index (χ0) is 13.2. The molecule has 0 aromatic carbocycles. The highest BCUT2D eigenvalue weighted by Gasteiger charge is 2.17. The second-order valence-corrected chi connectivity index (χ2v) is 5.48. The summed E-state index contributed by atoms with van der Waals surface area (Å²) < 4.78 is 5.03. The van der Waals surface area contributed by atoms with Crippen LogP contribution in [-0.4, -0.2) is 43.5 Å². The Morgan fingerprint density at radius 3 is 2.61 bits per heavy atom. The average Bonchev–Trinajstić information content (AvgIpc) is 2.42. The molecule has 0 radical (unpaired) electrons. The molecule has 0 heterocycles. The van der Waals surface area contributed by atoms with Crippen LogP contribution in [0.2, 0.25) is 0 Å². The first-order valence-electron chi connectivity index (χ1n) is 7.10. The van der Waals surface area contributed by atoms with E-state index in [1.54, 1.807) is 7.11 Å². The Balaban J connectivity index is 2.26. The molecule has 0 bridgehead atoms. The van der Waals surface area contributed by atoms with Crippen molar-refractivity contribution in [2.75, 3.05) is 32.7 Å². The molecule has 0 saturated heterocycles. The topological polar surface area (TPSA) is 29.5 Å². The van der Waals surface area contributed by atoms with Crippen LogP contribution in [0.4, 0.5) is 0 Å². The maximum absolute atomic E-state index is 12.1. The van der Waals surface area contributed by atoms with Gasteiger partial charge in [0.15, 0.2) is 0 Å². The minimum absolute atomic E-state index is 0.235. The molecule has 1 amide bonds.